The summed E-state index contributed by atoms with van der Waals surface area (Å²) in [6, 6.07) is 16.3. The van der Waals surface area contributed by atoms with E-state index in [0.717, 1.165) is 69.2 Å². The van der Waals surface area contributed by atoms with E-state index in [0.29, 0.717) is 5.82 Å². The summed E-state index contributed by atoms with van der Waals surface area (Å²) in [7, 11) is 0. The SMILES string of the molecule is c1ccc(-c2nccc3[nH]c(-c4n[nH]c5ccc(-c6cncc(CNCC7CCCC7)c6)cc45)nc23)nc1. The summed E-state index contributed by atoms with van der Waals surface area (Å²) in [5.41, 5.74) is 8.30. The molecule has 6 aromatic rings. The van der Waals surface area contributed by atoms with Crippen LogP contribution in [0.25, 0.3) is 56.0 Å². The Hall–Kier alpha value is -4.43. The van der Waals surface area contributed by atoms with E-state index in [4.69, 9.17) is 4.98 Å². The van der Waals surface area contributed by atoms with Gasteiger partial charge < -0.3 is 10.3 Å². The van der Waals surface area contributed by atoms with E-state index in [1.807, 2.05) is 36.7 Å². The van der Waals surface area contributed by atoms with Crippen LogP contribution in [0, 0.1) is 5.92 Å². The maximum absolute atomic E-state index is 4.90. The predicted octanol–water partition coefficient (Wildman–Crippen LogP) is 5.91. The minimum absolute atomic E-state index is 0.691. The monoisotopic (exact) mass is 500 g/mol. The molecule has 5 heterocycles. The van der Waals surface area contributed by atoms with E-state index < -0.39 is 0 Å². The highest BCUT2D eigenvalue weighted by atomic mass is 15.1. The van der Waals surface area contributed by atoms with E-state index in [9.17, 15) is 0 Å². The van der Waals surface area contributed by atoms with Crippen molar-refractivity contribution in [1.82, 2.24) is 40.4 Å². The molecule has 5 aromatic heterocycles. The van der Waals surface area contributed by atoms with Gasteiger partial charge in [-0.15, -0.1) is 0 Å². The third-order valence-corrected chi connectivity index (χ3v) is 7.46. The number of benzene rings is 1. The van der Waals surface area contributed by atoms with E-state index in [-0.39, 0.29) is 0 Å². The molecule has 188 valence electrons. The van der Waals surface area contributed by atoms with Gasteiger partial charge in [-0.1, -0.05) is 25.0 Å². The third-order valence-electron chi connectivity index (χ3n) is 7.46. The van der Waals surface area contributed by atoms with Crippen molar-refractivity contribution in [3.05, 3.63) is 78.9 Å². The van der Waals surface area contributed by atoms with Crippen molar-refractivity contribution in [2.45, 2.75) is 32.2 Å². The molecule has 3 N–H and O–H groups in total. The Labute approximate surface area is 220 Å². The summed E-state index contributed by atoms with van der Waals surface area (Å²) in [5, 5.41) is 12.4. The van der Waals surface area contributed by atoms with Gasteiger partial charge in [-0.3, -0.25) is 20.1 Å². The minimum atomic E-state index is 0.691. The van der Waals surface area contributed by atoms with Crippen LogP contribution in [0.5, 0.6) is 0 Å². The fourth-order valence-electron chi connectivity index (χ4n) is 5.49. The Kier molecular flexibility index (Phi) is 5.86. The van der Waals surface area contributed by atoms with Gasteiger partial charge in [0.2, 0.25) is 0 Å². The highest BCUT2D eigenvalue weighted by molar-refractivity contribution is 5.97. The molecule has 0 saturated heterocycles. The summed E-state index contributed by atoms with van der Waals surface area (Å²) in [4.78, 5) is 21.9. The van der Waals surface area contributed by atoms with E-state index in [2.05, 4.69) is 59.7 Å². The topological polar surface area (TPSA) is 108 Å². The second-order valence-electron chi connectivity index (χ2n) is 10.1. The van der Waals surface area contributed by atoms with Crippen molar-refractivity contribution in [2.24, 2.45) is 5.92 Å². The number of hydrogen-bond acceptors (Lipinski definition) is 6. The third kappa shape index (κ3) is 4.33. The molecule has 0 amide bonds. The van der Waals surface area contributed by atoms with Gasteiger partial charge in [-0.25, -0.2) is 4.98 Å². The summed E-state index contributed by atoms with van der Waals surface area (Å²) in [6.45, 7) is 1.92. The van der Waals surface area contributed by atoms with Crippen molar-refractivity contribution in [3.8, 4) is 34.0 Å². The molecule has 0 bridgehead atoms. The highest BCUT2D eigenvalue weighted by Crippen LogP contribution is 2.32. The Morgan fingerprint density at radius 1 is 0.868 bits per heavy atom. The molecular weight excluding hydrogens is 472 g/mol. The fourth-order valence-corrected chi connectivity index (χ4v) is 5.49. The number of nitrogens with zero attached hydrogens (tertiary/aromatic N) is 5. The van der Waals surface area contributed by atoms with Gasteiger partial charge in [-0.05, 0) is 72.8 Å². The first-order valence-corrected chi connectivity index (χ1v) is 13.2. The van der Waals surface area contributed by atoms with Crippen molar-refractivity contribution < 1.29 is 0 Å². The average molecular weight is 501 g/mol. The second-order valence-corrected chi connectivity index (χ2v) is 10.1. The molecular formula is C30H28N8. The lowest BCUT2D eigenvalue weighted by Gasteiger charge is -2.11. The smallest absolute Gasteiger partial charge is 0.159 e. The average Bonchev–Trinajstić information content (AvgIpc) is 3.73. The van der Waals surface area contributed by atoms with Gasteiger partial charge in [-0.2, -0.15) is 5.10 Å². The van der Waals surface area contributed by atoms with Crippen LogP contribution in [-0.2, 0) is 6.54 Å². The van der Waals surface area contributed by atoms with Crippen molar-refractivity contribution in [1.29, 1.82) is 0 Å². The van der Waals surface area contributed by atoms with Gasteiger partial charge in [0, 0.05) is 42.3 Å². The van der Waals surface area contributed by atoms with Crippen LogP contribution < -0.4 is 5.32 Å². The predicted molar refractivity (Wildman–Crippen MR) is 149 cm³/mol. The maximum atomic E-state index is 4.90. The van der Waals surface area contributed by atoms with Gasteiger partial charge in [0.05, 0.1) is 16.7 Å². The molecule has 0 radical (unpaired) electrons. The number of pyridine rings is 3. The number of imidazole rings is 1. The molecule has 1 aromatic carbocycles. The lowest BCUT2D eigenvalue weighted by Crippen LogP contribution is -2.20. The summed E-state index contributed by atoms with van der Waals surface area (Å²) in [5.74, 6) is 1.51. The van der Waals surface area contributed by atoms with Gasteiger partial charge in [0.1, 0.15) is 16.9 Å². The van der Waals surface area contributed by atoms with Crippen molar-refractivity contribution >= 4 is 21.9 Å². The fraction of sp³-hybridized carbons (Fsp3) is 0.233. The Morgan fingerprint density at radius 3 is 2.71 bits per heavy atom. The first kappa shape index (κ1) is 22.7. The lowest BCUT2D eigenvalue weighted by molar-refractivity contribution is 0.489. The Bertz CT molecular complexity index is 1710. The first-order valence-electron chi connectivity index (χ1n) is 13.2. The zero-order valence-corrected chi connectivity index (χ0v) is 21.0. The van der Waals surface area contributed by atoms with Gasteiger partial charge >= 0.3 is 0 Å². The molecule has 7 rings (SSSR count). The number of fused-ring (bicyclic) bond motifs is 2. The molecule has 0 unspecified atom stereocenters. The molecule has 1 fully saturated rings. The van der Waals surface area contributed by atoms with E-state index in [1.54, 1.807) is 12.4 Å². The lowest BCUT2D eigenvalue weighted by atomic mass is 10.0. The molecule has 1 aliphatic carbocycles. The molecule has 8 heteroatoms. The van der Waals surface area contributed by atoms with Gasteiger partial charge in [0.15, 0.2) is 5.82 Å². The van der Waals surface area contributed by atoms with Crippen LogP contribution in [0.2, 0.25) is 0 Å². The van der Waals surface area contributed by atoms with Gasteiger partial charge in [0.25, 0.3) is 0 Å². The maximum Gasteiger partial charge on any atom is 0.159 e. The zero-order valence-electron chi connectivity index (χ0n) is 21.0. The first-order chi connectivity index (χ1) is 18.8. The van der Waals surface area contributed by atoms with Crippen molar-refractivity contribution in [2.75, 3.05) is 6.54 Å². The second kappa shape index (κ2) is 9.79. The van der Waals surface area contributed by atoms with Crippen LogP contribution in [-0.4, -0.2) is 41.7 Å². The van der Waals surface area contributed by atoms with E-state index >= 15 is 0 Å². The summed E-state index contributed by atoms with van der Waals surface area (Å²) >= 11 is 0. The number of nitrogens with one attached hydrogen (secondary N) is 3. The molecule has 1 aliphatic rings. The largest absolute Gasteiger partial charge is 0.336 e. The molecule has 0 spiro atoms. The number of H-pyrrole nitrogens is 2. The quantitative estimate of drug-likeness (QED) is 0.252. The normalized spacial score (nSPS) is 14.1. The summed E-state index contributed by atoms with van der Waals surface area (Å²) < 4.78 is 0. The molecule has 0 aliphatic heterocycles. The Balaban J connectivity index is 1.20. The van der Waals surface area contributed by atoms with Crippen LogP contribution in [0.1, 0.15) is 31.2 Å². The molecule has 38 heavy (non-hydrogen) atoms. The van der Waals surface area contributed by atoms with E-state index in [1.165, 1.54) is 31.2 Å². The van der Waals surface area contributed by atoms with Crippen LogP contribution >= 0.6 is 0 Å². The number of aromatic nitrogens is 7. The zero-order chi connectivity index (χ0) is 25.3. The van der Waals surface area contributed by atoms with Crippen LogP contribution in [0.3, 0.4) is 0 Å². The van der Waals surface area contributed by atoms with Crippen LogP contribution in [0.4, 0.5) is 0 Å². The molecule has 1 saturated carbocycles. The summed E-state index contributed by atoms with van der Waals surface area (Å²) in [6.07, 6.45) is 12.9. The molecule has 8 nitrogen and oxygen atoms in total. The minimum Gasteiger partial charge on any atom is -0.336 e. The number of rotatable bonds is 7. The standard InChI is InChI=1S/C30H28N8/c1-2-6-19(5-1)15-31-16-20-13-22(18-32-17-20)21-8-9-24-23(14-21)27(38-37-24)30-35-26-10-12-34-28(29(26)36-30)25-7-3-4-11-33-25/h3-4,7-14,17-19,31H,1-2,5-6,15-16H2,(H,35,36)(H,37,38). The molecule has 0 atom stereocenters. The Morgan fingerprint density at radius 2 is 1.82 bits per heavy atom. The number of hydrogen-bond donors (Lipinski definition) is 3. The van der Waals surface area contributed by atoms with Crippen molar-refractivity contribution in [3.63, 3.8) is 0 Å². The van der Waals surface area contributed by atoms with Crippen LogP contribution in [0.15, 0.2) is 73.3 Å². The number of aromatic amines is 2. The highest BCUT2D eigenvalue weighted by Gasteiger charge is 2.17.